The maximum atomic E-state index is 12.8. The number of ether oxygens (including phenoxy) is 5. The number of benzene rings is 5. The number of aliphatic hydroxyl groups is 1. The van der Waals surface area contributed by atoms with Crippen LogP contribution in [0.4, 0.5) is 0 Å². The van der Waals surface area contributed by atoms with Crippen LogP contribution in [-0.4, -0.2) is 36.1 Å². The lowest BCUT2D eigenvalue weighted by Gasteiger charge is -2.50. The van der Waals surface area contributed by atoms with Crippen LogP contribution in [0, 0.1) is 0 Å². The SMILES string of the molecule is CCOc1ccc(Cc2cc([C@@]3(O)O[C@H](C)[C@@H](OCc4ccccc4)[C@H](OCc4ccccc4)[C@H]3OCc3ccccc3)ccc2Cl)cc1. The highest BCUT2D eigenvalue weighted by Gasteiger charge is 2.56. The van der Waals surface area contributed by atoms with Gasteiger partial charge < -0.3 is 28.8 Å². The average molecular weight is 679 g/mol. The van der Waals surface area contributed by atoms with Gasteiger partial charge in [0.2, 0.25) is 5.79 Å². The van der Waals surface area contributed by atoms with Crippen molar-refractivity contribution >= 4 is 11.6 Å². The molecular weight excluding hydrogens is 636 g/mol. The van der Waals surface area contributed by atoms with Gasteiger partial charge in [-0.25, -0.2) is 0 Å². The fourth-order valence-corrected chi connectivity index (χ4v) is 6.43. The quantitative estimate of drug-likeness (QED) is 0.127. The molecule has 5 aromatic carbocycles. The molecule has 0 amide bonds. The lowest BCUT2D eigenvalue weighted by Crippen LogP contribution is -2.64. The Morgan fingerprint density at radius 2 is 1.18 bits per heavy atom. The second kappa shape index (κ2) is 16.6. The summed E-state index contributed by atoms with van der Waals surface area (Å²) in [5.74, 6) is -1.07. The third-order valence-electron chi connectivity index (χ3n) is 8.77. The van der Waals surface area contributed by atoms with Crippen molar-refractivity contribution in [1.29, 1.82) is 0 Å². The zero-order valence-corrected chi connectivity index (χ0v) is 28.7. The van der Waals surface area contributed by atoms with Gasteiger partial charge in [0.15, 0.2) is 0 Å². The first-order valence-electron chi connectivity index (χ1n) is 16.8. The van der Waals surface area contributed by atoms with Crippen molar-refractivity contribution in [3.8, 4) is 5.75 Å². The Balaban J connectivity index is 1.35. The Morgan fingerprint density at radius 3 is 1.73 bits per heavy atom. The molecule has 254 valence electrons. The summed E-state index contributed by atoms with van der Waals surface area (Å²) < 4.78 is 32.2. The lowest BCUT2D eigenvalue weighted by molar-refractivity contribution is -0.371. The van der Waals surface area contributed by atoms with E-state index in [9.17, 15) is 5.11 Å². The van der Waals surface area contributed by atoms with Crippen molar-refractivity contribution in [2.75, 3.05) is 6.61 Å². The Hall–Kier alpha value is -4.01. The fourth-order valence-electron chi connectivity index (χ4n) is 6.25. The van der Waals surface area contributed by atoms with Crippen LogP contribution >= 0.6 is 11.6 Å². The average Bonchev–Trinajstić information content (AvgIpc) is 3.13. The van der Waals surface area contributed by atoms with E-state index in [0.717, 1.165) is 33.6 Å². The first kappa shape index (κ1) is 34.8. The smallest absolute Gasteiger partial charge is 0.222 e. The van der Waals surface area contributed by atoms with Crippen LogP contribution in [-0.2, 0) is 51.0 Å². The Kier molecular flexibility index (Phi) is 11.8. The van der Waals surface area contributed by atoms with Gasteiger partial charge in [0, 0.05) is 10.6 Å². The highest BCUT2D eigenvalue weighted by Crippen LogP contribution is 2.42. The number of hydrogen-bond acceptors (Lipinski definition) is 6. The van der Waals surface area contributed by atoms with Crippen LogP contribution in [0.2, 0.25) is 5.02 Å². The molecule has 1 fully saturated rings. The minimum absolute atomic E-state index is 0.231. The molecule has 1 aliphatic heterocycles. The van der Waals surface area contributed by atoms with Gasteiger partial charge in [-0.1, -0.05) is 121 Å². The first-order valence-corrected chi connectivity index (χ1v) is 17.2. The van der Waals surface area contributed by atoms with Crippen molar-refractivity contribution in [3.63, 3.8) is 0 Å². The molecular formula is C42H43ClO6. The predicted octanol–water partition coefficient (Wildman–Crippen LogP) is 8.65. The summed E-state index contributed by atoms with van der Waals surface area (Å²) in [4.78, 5) is 0. The highest BCUT2D eigenvalue weighted by atomic mass is 35.5. The topological polar surface area (TPSA) is 66.4 Å². The lowest BCUT2D eigenvalue weighted by atomic mass is 9.86. The number of hydrogen-bond donors (Lipinski definition) is 1. The van der Waals surface area contributed by atoms with Crippen molar-refractivity contribution in [3.05, 3.63) is 172 Å². The van der Waals surface area contributed by atoms with Gasteiger partial charge in [-0.05, 0) is 72.4 Å². The molecule has 6 nitrogen and oxygen atoms in total. The first-order chi connectivity index (χ1) is 23.9. The Morgan fingerprint density at radius 1 is 0.653 bits per heavy atom. The van der Waals surface area contributed by atoms with Crippen LogP contribution in [0.25, 0.3) is 0 Å². The maximum absolute atomic E-state index is 12.8. The van der Waals surface area contributed by atoms with Crippen LogP contribution < -0.4 is 4.74 Å². The zero-order chi connectivity index (χ0) is 34.1. The van der Waals surface area contributed by atoms with Gasteiger partial charge in [-0.2, -0.15) is 0 Å². The summed E-state index contributed by atoms with van der Waals surface area (Å²) in [7, 11) is 0. The molecule has 5 atom stereocenters. The summed E-state index contributed by atoms with van der Waals surface area (Å²) in [5.41, 5.74) is 5.41. The summed E-state index contributed by atoms with van der Waals surface area (Å²) in [6, 6.07) is 43.3. The molecule has 0 aliphatic carbocycles. The minimum Gasteiger partial charge on any atom is -0.494 e. The standard InChI is InChI=1S/C42H43ClO6/c1-3-45-37-22-19-31(20-23-37)25-35-26-36(21-24-38(35)43)42(44)41(48-29-34-17-11-6-12-18-34)40(47-28-33-15-9-5-10-16-33)39(30(2)49-42)46-27-32-13-7-4-8-14-32/h4-24,26,30,39-41,44H,3,25,27-29H2,1-2H3/t30-,39-,40+,41-,42-/m1/s1. The molecule has 0 aromatic heterocycles. The molecule has 0 unspecified atom stereocenters. The molecule has 0 radical (unpaired) electrons. The third-order valence-corrected chi connectivity index (χ3v) is 9.14. The van der Waals surface area contributed by atoms with Gasteiger partial charge in [0.1, 0.15) is 24.1 Å². The molecule has 7 heteroatoms. The zero-order valence-electron chi connectivity index (χ0n) is 27.9. The molecule has 6 rings (SSSR count). The van der Waals surface area contributed by atoms with Crippen LogP contribution in [0.1, 0.15) is 47.2 Å². The molecule has 0 spiro atoms. The molecule has 49 heavy (non-hydrogen) atoms. The highest BCUT2D eigenvalue weighted by molar-refractivity contribution is 6.31. The normalized spacial score (nSPS) is 22.1. The molecule has 0 bridgehead atoms. The fraction of sp³-hybridized carbons (Fsp3) is 0.286. The van der Waals surface area contributed by atoms with E-state index in [1.54, 1.807) is 12.1 Å². The minimum atomic E-state index is -1.89. The second-order valence-corrected chi connectivity index (χ2v) is 12.7. The predicted molar refractivity (Wildman–Crippen MR) is 191 cm³/mol. The Labute approximate surface area is 294 Å². The summed E-state index contributed by atoms with van der Waals surface area (Å²) in [6.07, 6.45) is -2.23. The van der Waals surface area contributed by atoms with E-state index in [1.165, 1.54) is 0 Å². The molecule has 1 heterocycles. The largest absolute Gasteiger partial charge is 0.494 e. The third kappa shape index (κ3) is 8.78. The van der Waals surface area contributed by atoms with E-state index < -0.39 is 30.2 Å². The number of rotatable bonds is 14. The van der Waals surface area contributed by atoms with Crippen molar-refractivity contribution in [2.24, 2.45) is 0 Å². The maximum Gasteiger partial charge on any atom is 0.222 e. The molecule has 1 N–H and O–H groups in total. The van der Waals surface area contributed by atoms with Gasteiger partial charge in [-0.15, -0.1) is 0 Å². The number of halogens is 1. The van der Waals surface area contributed by atoms with E-state index in [1.807, 2.05) is 135 Å². The van der Waals surface area contributed by atoms with E-state index in [-0.39, 0.29) is 6.61 Å². The van der Waals surface area contributed by atoms with Gasteiger partial charge in [0.25, 0.3) is 0 Å². The van der Waals surface area contributed by atoms with Crippen molar-refractivity contribution in [2.45, 2.75) is 70.3 Å². The second-order valence-electron chi connectivity index (χ2n) is 12.3. The van der Waals surface area contributed by atoms with Crippen LogP contribution in [0.15, 0.2) is 133 Å². The van der Waals surface area contributed by atoms with Crippen molar-refractivity contribution in [1.82, 2.24) is 0 Å². The van der Waals surface area contributed by atoms with Gasteiger partial charge in [-0.3, -0.25) is 0 Å². The summed E-state index contributed by atoms with van der Waals surface area (Å²) in [6.45, 7) is 5.35. The summed E-state index contributed by atoms with van der Waals surface area (Å²) in [5, 5.41) is 13.3. The molecule has 0 saturated carbocycles. The van der Waals surface area contributed by atoms with E-state index in [4.69, 9.17) is 35.3 Å². The van der Waals surface area contributed by atoms with E-state index in [0.29, 0.717) is 36.8 Å². The van der Waals surface area contributed by atoms with Gasteiger partial charge in [0.05, 0.1) is 32.5 Å². The van der Waals surface area contributed by atoms with Crippen LogP contribution in [0.3, 0.4) is 0 Å². The monoisotopic (exact) mass is 678 g/mol. The molecule has 1 saturated heterocycles. The van der Waals surface area contributed by atoms with Crippen LogP contribution in [0.5, 0.6) is 5.75 Å². The van der Waals surface area contributed by atoms with E-state index in [2.05, 4.69) is 0 Å². The molecule has 5 aromatic rings. The van der Waals surface area contributed by atoms with E-state index >= 15 is 0 Å². The summed E-state index contributed by atoms with van der Waals surface area (Å²) >= 11 is 6.76. The van der Waals surface area contributed by atoms with Gasteiger partial charge >= 0.3 is 0 Å². The van der Waals surface area contributed by atoms with Crippen molar-refractivity contribution < 1.29 is 28.8 Å². The Bertz CT molecular complexity index is 1730. The molecule has 1 aliphatic rings.